The largest absolute Gasteiger partial charge is 0.374 e. The number of hydrogen-bond donors (Lipinski definition) is 0. The van der Waals surface area contributed by atoms with Gasteiger partial charge in [-0.25, -0.2) is 12.8 Å². The van der Waals surface area contributed by atoms with Gasteiger partial charge in [-0.2, -0.15) is 4.31 Å². The number of hydrogen-bond acceptors (Lipinski definition) is 5. The molecule has 0 saturated carbocycles. The fourth-order valence-electron chi connectivity index (χ4n) is 3.97. The summed E-state index contributed by atoms with van der Waals surface area (Å²) in [5, 5.41) is 0. The maximum absolute atomic E-state index is 13.8. The topological polar surface area (TPSA) is 79.8 Å². The van der Waals surface area contributed by atoms with Crippen LogP contribution >= 0.6 is 0 Å². The first kappa shape index (κ1) is 19.9. The van der Waals surface area contributed by atoms with Crippen molar-refractivity contribution in [2.45, 2.75) is 25.6 Å². The molecular formula is C20H22FN3O4S. The predicted molar refractivity (Wildman–Crippen MR) is 104 cm³/mol. The van der Waals surface area contributed by atoms with Crippen LogP contribution in [0, 0.1) is 12.7 Å². The lowest BCUT2D eigenvalue weighted by Gasteiger charge is -2.28. The molecule has 7 nitrogen and oxygen atoms in total. The second-order valence-corrected chi connectivity index (χ2v) is 9.46. The van der Waals surface area contributed by atoms with E-state index in [1.807, 2.05) is 0 Å². The van der Waals surface area contributed by atoms with Crippen LogP contribution in [-0.2, 0) is 21.3 Å². The number of sulfonamides is 1. The van der Waals surface area contributed by atoms with Gasteiger partial charge in [0.1, 0.15) is 5.82 Å². The molecule has 1 aromatic carbocycles. The molecule has 2 aliphatic heterocycles. The molecule has 154 valence electrons. The van der Waals surface area contributed by atoms with Crippen LogP contribution in [0.2, 0.25) is 0 Å². The van der Waals surface area contributed by atoms with Crippen molar-refractivity contribution in [1.82, 2.24) is 14.2 Å². The Morgan fingerprint density at radius 2 is 2.00 bits per heavy atom. The second kappa shape index (κ2) is 7.81. The van der Waals surface area contributed by atoms with Gasteiger partial charge < -0.3 is 9.64 Å². The van der Waals surface area contributed by atoms with E-state index in [9.17, 15) is 17.6 Å². The summed E-state index contributed by atoms with van der Waals surface area (Å²) in [6.45, 7) is 2.40. The molecule has 2 fully saturated rings. The molecule has 2 saturated heterocycles. The number of fused-ring (bicyclic) bond motifs is 1. The third kappa shape index (κ3) is 4.17. The van der Waals surface area contributed by atoms with Crippen molar-refractivity contribution in [2.24, 2.45) is 0 Å². The van der Waals surface area contributed by atoms with Crippen molar-refractivity contribution < 1.29 is 22.3 Å². The number of amides is 1. The Bertz CT molecular complexity index is 995. The molecule has 2 aliphatic rings. The molecule has 4 rings (SSSR count). The van der Waals surface area contributed by atoms with Gasteiger partial charge in [0.05, 0.1) is 24.5 Å². The third-order valence-corrected chi connectivity index (χ3v) is 7.09. The van der Waals surface area contributed by atoms with Crippen LogP contribution in [0.1, 0.15) is 21.5 Å². The first-order valence-electron chi connectivity index (χ1n) is 9.40. The Morgan fingerprint density at radius 3 is 2.72 bits per heavy atom. The summed E-state index contributed by atoms with van der Waals surface area (Å²) in [6, 6.07) is 7.25. The highest BCUT2D eigenvalue weighted by Gasteiger charge is 2.45. The van der Waals surface area contributed by atoms with Gasteiger partial charge in [-0.3, -0.25) is 9.78 Å². The van der Waals surface area contributed by atoms with Crippen LogP contribution < -0.4 is 0 Å². The number of pyridine rings is 1. The average Bonchev–Trinajstić information content (AvgIpc) is 3.04. The minimum atomic E-state index is -3.61. The van der Waals surface area contributed by atoms with Crippen LogP contribution in [0.25, 0.3) is 0 Å². The van der Waals surface area contributed by atoms with Crippen molar-refractivity contribution in [3.63, 3.8) is 0 Å². The summed E-state index contributed by atoms with van der Waals surface area (Å²) in [6.07, 6.45) is 2.66. The molecule has 0 unspecified atom stereocenters. The van der Waals surface area contributed by atoms with E-state index in [0.29, 0.717) is 17.7 Å². The molecule has 0 radical (unpaired) electrons. The molecule has 0 aliphatic carbocycles. The number of aryl methyl sites for hydroxylation is 1. The lowest BCUT2D eigenvalue weighted by Crippen LogP contribution is -2.45. The number of carbonyl (C=O) groups is 1. The molecule has 0 bridgehead atoms. The van der Waals surface area contributed by atoms with Crippen molar-refractivity contribution >= 4 is 15.9 Å². The van der Waals surface area contributed by atoms with E-state index in [-0.39, 0.29) is 31.4 Å². The van der Waals surface area contributed by atoms with Gasteiger partial charge in [-0.15, -0.1) is 0 Å². The Labute approximate surface area is 169 Å². The molecule has 2 atom stereocenters. The van der Waals surface area contributed by atoms with E-state index < -0.39 is 28.0 Å². The van der Waals surface area contributed by atoms with Gasteiger partial charge in [-0.05, 0) is 42.3 Å². The van der Waals surface area contributed by atoms with Crippen molar-refractivity contribution in [1.29, 1.82) is 0 Å². The minimum Gasteiger partial charge on any atom is -0.374 e. The van der Waals surface area contributed by atoms with Gasteiger partial charge >= 0.3 is 0 Å². The third-order valence-electron chi connectivity index (χ3n) is 5.29. The summed E-state index contributed by atoms with van der Waals surface area (Å²) in [5.74, 6) is -0.726. The highest BCUT2D eigenvalue weighted by Crippen LogP contribution is 2.28. The molecule has 29 heavy (non-hydrogen) atoms. The number of rotatable bonds is 3. The van der Waals surface area contributed by atoms with Crippen molar-refractivity contribution in [3.05, 3.63) is 65.2 Å². The number of ether oxygens (including phenoxy) is 1. The summed E-state index contributed by atoms with van der Waals surface area (Å²) in [7, 11) is -3.61. The number of carbonyl (C=O) groups excluding carboxylic acids is 1. The Kier molecular flexibility index (Phi) is 5.37. The Balaban J connectivity index is 1.61. The zero-order valence-corrected chi connectivity index (χ0v) is 16.8. The normalized spacial score (nSPS) is 24.1. The highest BCUT2D eigenvalue weighted by atomic mass is 32.2. The zero-order valence-electron chi connectivity index (χ0n) is 16.0. The molecule has 0 spiro atoms. The Hall–Kier alpha value is -2.36. The van der Waals surface area contributed by atoms with Crippen LogP contribution in [0.5, 0.6) is 0 Å². The van der Waals surface area contributed by atoms with Crippen LogP contribution in [0.4, 0.5) is 4.39 Å². The SMILES string of the molecule is Cc1cc(F)cc(CN2[C@@H]3CN(C(=O)c4ccncc4)C[C@@H]3OCCS2(=O)=O)c1. The fourth-order valence-corrected chi connectivity index (χ4v) is 5.47. The fraction of sp³-hybridized carbons (Fsp3) is 0.400. The average molecular weight is 419 g/mol. The maximum Gasteiger partial charge on any atom is 0.254 e. The van der Waals surface area contributed by atoms with E-state index in [1.165, 1.54) is 16.4 Å². The minimum absolute atomic E-state index is 0.0444. The van der Waals surface area contributed by atoms with E-state index >= 15 is 0 Å². The van der Waals surface area contributed by atoms with Crippen LogP contribution in [0.15, 0.2) is 42.7 Å². The molecule has 9 heteroatoms. The summed E-state index contributed by atoms with van der Waals surface area (Å²) in [5.41, 5.74) is 1.79. The Morgan fingerprint density at radius 1 is 1.24 bits per heavy atom. The number of nitrogens with zero attached hydrogens (tertiary/aromatic N) is 3. The maximum atomic E-state index is 13.8. The monoisotopic (exact) mass is 419 g/mol. The zero-order chi connectivity index (χ0) is 20.6. The molecule has 2 aromatic rings. The number of benzene rings is 1. The van der Waals surface area contributed by atoms with E-state index in [2.05, 4.69) is 4.98 Å². The van der Waals surface area contributed by atoms with E-state index in [4.69, 9.17) is 4.74 Å². The lowest BCUT2D eigenvalue weighted by molar-refractivity contribution is 0.0445. The quantitative estimate of drug-likeness (QED) is 0.755. The number of halogens is 1. The van der Waals surface area contributed by atoms with Crippen molar-refractivity contribution in [3.8, 4) is 0 Å². The van der Waals surface area contributed by atoms with Crippen molar-refractivity contribution in [2.75, 3.05) is 25.4 Å². The standard InChI is InChI=1S/C20H22FN3O4S/c1-14-8-15(10-17(21)9-14)11-24-18-12-23(20(25)16-2-4-22-5-3-16)13-19(18)28-6-7-29(24,26)27/h2-5,8-10,18-19H,6-7,11-13H2,1H3/t18-,19+/m1/s1. The smallest absolute Gasteiger partial charge is 0.254 e. The van der Waals surface area contributed by atoms with Gasteiger partial charge in [0.25, 0.3) is 5.91 Å². The van der Waals surface area contributed by atoms with Gasteiger partial charge in [0.2, 0.25) is 10.0 Å². The predicted octanol–water partition coefficient (Wildman–Crippen LogP) is 1.58. The highest BCUT2D eigenvalue weighted by molar-refractivity contribution is 7.89. The van der Waals surface area contributed by atoms with Gasteiger partial charge in [0, 0.05) is 37.6 Å². The molecule has 1 amide bonds. The summed E-state index contributed by atoms with van der Waals surface area (Å²) in [4.78, 5) is 18.3. The first-order chi connectivity index (χ1) is 13.8. The first-order valence-corrected chi connectivity index (χ1v) is 11.0. The molecule has 3 heterocycles. The second-order valence-electron chi connectivity index (χ2n) is 7.42. The van der Waals surface area contributed by atoms with E-state index in [0.717, 1.165) is 5.56 Å². The lowest BCUT2D eigenvalue weighted by atomic mass is 10.1. The van der Waals surface area contributed by atoms with Gasteiger partial charge in [0.15, 0.2) is 0 Å². The number of likely N-dealkylation sites (tertiary alicyclic amines) is 1. The molecule has 0 N–H and O–H groups in total. The van der Waals surface area contributed by atoms with Crippen LogP contribution in [-0.4, -0.2) is 66.1 Å². The summed E-state index contributed by atoms with van der Waals surface area (Å²) >= 11 is 0. The van der Waals surface area contributed by atoms with Gasteiger partial charge in [-0.1, -0.05) is 6.07 Å². The molecule has 1 aromatic heterocycles. The van der Waals surface area contributed by atoms with Crippen LogP contribution in [0.3, 0.4) is 0 Å². The number of aromatic nitrogens is 1. The molecular weight excluding hydrogens is 397 g/mol. The van der Waals surface area contributed by atoms with E-state index in [1.54, 1.807) is 42.4 Å². The summed E-state index contributed by atoms with van der Waals surface area (Å²) < 4.78 is 46.8.